The normalized spacial score (nSPS) is 18.1. The molecule has 1 atom stereocenters. The van der Waals surface area contributed by atoms with Crippen molar-refractivity contribution in [2.24, 2.45) is 0 Å². The largest absolute Gasteiger partial charge is 0.508 e. The van der Waals surface area contributed by atoms with Crippen LogP contribution in [0, 0.1) is 0 Å². The van der Waals surface area contributed by atoms with Crippen LogP contribution in [-0.2, 0) is 13.1 Å². The van der Waals surface area contributed by atoms with Gasteiger partial charge in [0.2, 0.25) is 0 Å². The predicted octanol–water partition coefficient (Wildman–Crippen LogP) is 4.53. The second kappa shape index (κ2) is 8.70. The first-order valence-electron chi connectivity index (χ1n) is 9.05. The van der Waals surface area contributed by atoms with Crippen LogP contribution in [0.15, 0.2) is 48.5 Å². The fourth-order valence-electron chi connectivity index (χ4n) is 3.60. The summed E-state index contributed by atoms with van der Waals surface area (Å²) >= 11 is 6.01. The molecule has 1 heterocycles. The zero-order valence-corrected chi connectivity index (χ0v) is 15.6. The van der Waals surface area contributed by atoms with Gasteiger partial charge in [0.25, 0.3) is 0 Å². The van der Waals surface area contributed by atoms with Crippen LogP contribution < -0.4 is 0 Å². The van der Waals surface area contributed by atoms with Crippen LogP contribution in [0.3, 0.4) is 0 Å². The van der Waals surface area contributed by atoms with E-state index in [0.29, 0.717) is 11.8 Å². The summed E-state index contributed by atoms with van der Waals surface area (Å²) in [6.07, 6.45) is 3.82. The minimum atomic E-state index is 0.320. The van der Waals surface area contributed by atoms with Crippen LogP contribution in [-0.4, -0.2) is 41.1 Å². The molecule has 0 unspecified atom stereocenters. The average molecular weight is 359 g/mol. The number of rotatable bonds is 7. The van der Waals surface area contributed by atoms with Gasteiger partial charge in [0, 0.05) is 30.7 Å². The van der Waals surface area contributed by atoms with E-state index in [4.69, 9.17) is 11.6 Å². The van der Waals surface area contributed by atoms with E-state index in [1.54, 1.807) is 12.1 Å². The van der Waals surface area contributed by atoms with Crippen molar-refractivity contribution in [3.8, 4) is 5.75 Å². The Balaban J connectivity index is 1.65. The molecule has 0 aliphatic carbocycles. The van der Waals surface area contributed by atoms with E-state index in [2.05, 4.69) is 29.0 Å². The van der Waals surface area contributed by atoms with Gasteiger partial charge in [0.1, 0.15) is 5.75 Å². The number of halogens is 1. The zero-order valence-electron chi connectivity index (χ0n) is 14.9. The number of hydrogen-bond donors (Lipinski definition) is 1. The fourth-order valence-corrected chi connectivity index (χ4v) is 3.72. The van der Waals surface area contributed by atoms with Gasteiger partial charge in [0.05, 0.1) is 0 Å². The molecule has 3 nitrogen and oxygen atoms in total. The first-order chi connectivity index (χ1) is 12.1. The first-order valence-corrected chi connectivity index (χ1v) is 9.43. The maximum absolute atomic E-state index is 9.50. The third-order valence-electron chi connectivity index (χ3n) is 5.11. The van der Waals surface area contributed by atoms with Crippen molar-refractivity contribution in [2.75, 3.05) is 20.1 Å². The lowest BCUT2D eigenvalue weighted by Gasteiger charge is -2.26. The molecule has 0 saturated carbocycles. The van der Waals surface area contributed by atoms with Crippen LogP contribution in [0.2, 0.25) is 5.02 Å². The van der Waals surface area contributed by atoms with Crippen molar-refractivity contribution in [3.63, 3.8) is 0 Å². The van der Waals surface area contributed by atoms with Crippen LogP contribution >= 0.6 is 11.6 Å². The van der Waals surface area contributed by atoms with E-state index in [1.807, 2.05) is 24.3 Å². The molecule has 0 spiro atoms. The van der Waals surface area contributed by atoms with Crippen molar-refractivity contribution in [2.45, 2.75) is 38.4 Å². The number of phenols is 1. The molecule has 0 bridgehead atoms. The molecule has 0 aromatic heterocycles. The number of likely N-dealkylation sites (tertiary alicyclic amines) is 1. The third kappa shape index (κ3) is 5.46. The van der Waals surface area contributed by atoms with Gasteiger partial charge in [-0.05, 0) is 68.2 Å². The summed E-state index contributed by atoms with van der Waals surface area (Å²) in [4.78, 5) is 4.98. The molecule has 25 heavy (non-hydrogen) atoms. The molecule has 3 rings (SSSR count). The molecule has 2 aromatic rings. The number of nitrogens with zero attached hydrogens (tertiary/aromatic N) is 2. The molecule has 1 N–H and O–H groups in total. The Labute approximate surface area is 155 Å². The summed E-state index contributed by atoms with van der Waals surface area (Å²) in [5, 5.41) is 10.3. The Kier molecular flexibility index (Phi) is 6.35. The highest BCUT2D eigenvalue weighted by molar-refractivity contribution is 6.30. The summed E-state index contributed by atoms with van der Waals surface area (Å²) in [5.41, 5.74) is 2.51. The molecule has 0 radical (unpaired) electrons. The summed E-state index contributed by atoms with van der Waals surface area (Å²) in [6, 6.07) is 16.4. The third-order valence-corrected chi connectivity index (χ3v) is 5.36. The maximum atomic E-state index is 9.50. The Morgan fingerprint density at radius 3 is 2.20 bits per heavy atom. The number of phenolic OH excluding ortho intramolecular Hbond substituents is 1. The average Bonchev–Trinajstić information content (AvgIpc) is 3.02. The Hall–Kier alpha value is -1.55. The SMILES string of the molecule is CN1CCC[C@H]1CCN(Cc1ccc(O)cc1)Cc1ccc(Cl)cc1. The summed E-state index contributed by atoms with van der Waals surface area (Å²) in [5.74, 6) is 0.320. The van der Waals surface area contributed by atoms with Crippen LogP contribution in [0.1, 0.15) is 30.4 Å². The van der Waals surface area contributed by atoms with Gasteiger partial charge >= 0.3 is 0 Å². The van der Waals surface area contributed by atoms with E-state index in [1.165, 1.54) is 36.9 Å². The van der Waals surface area contributed by atoms with Gasteiger partial charge < -0.3 is 10.0 Å². The smallest absolute Gasteiger partial charge is 0.115 e. The lowest BCUT2D eigenvalue weighted by Crippen LogP contribution is -2.31. The second-order valence-corrected chi connectivity index (χ2v) is 7.51. The highest BCUT2D eigenvalue weighted by atomic mass is 35.5. The fraction of sp³-hybridized carbons (Fsp3) is 0.429. The van der Waals surface area contributed by atoms with Gasteiger partial charge in [-0.3, -0.25) is 4.90 Å². The van der Waals surface area contributed by atoms with Gasteiger partial charge in [0.15, 0.2) is 0 Å². The first kappa shape index (κ1) is 18.2. The predicted molar refractivity (Wildman–Crippen MR) is 104 cm³/mol. The minimum absolute atomic E-state index is 0.320. The van der Waals surface area contributed by atoms with E-state index in [9.17, 15) is 5.11 Å². The van der Waals surface area contributed by atoms with Crippen molar-refractivity contribution >= 4 is 11.6 Å². The van der Waals surface area contributed by atoms with E-state index in [0.717, 1.165) is 24.7 Å². The van der Waals surface area contributed by atoms with Gasteiger partial charge in [-0.25, -0.2) is 0 Å². The van der Waals surface area contributed by atoms with Crippen LogP contribution in [0.5, 0.6) is 5.75 Å². The quantitative estimate of drug-likeness (QED) is 0.787. The summed E-state index contributed by atoms with van der Waals surface area (Å²) < 4.78 is 0. The topological polar surface area (TPSA) is 26.7 Å². The van der Waals surface area contributed by atoms with E-state index < -0.39 is 0 Å². The standard InChI is InChI=1S/C21H27ClN2O/c1-23-13-2-3-20(23)12-14-24(15-17-4-8-19(22)9-5-17)16-18-6-10-21(25)11-7-18/h4-11,20,25H,2-3,12-16H2,1H3/t20-/m0/s1. The minimum Gasteiger partial charge on any atom is -0.508 e. The van der Waals surface area contributed by atoms with Crippen molar-refractivity contribution in [3.05, 3.63) is 64.7 Å². The Morgan fingerprint density at radius 1 is 1.04 bits per heavy atom. The van der Waals surface area contributed by atoms with Crippen molar-refractivity contribution in [1.82, 2.24) is 9.80 Å². The molecule has 0 amide bonds. The lowest BCUT2D eigenvalue weighted by atomic mass is 10.1. The molecule has 4 heteroatoms. The molecule has 1 fully saturated rings. The Morgan fingerprint density at radius 2 is 1.64 bits per heavy atom. The maximum Gasteiger partial charge on any atom is 0.115 e. The molecule has 1 aliphatic rings. The van der Waals surface area contributed by atoms with E-state index in [-0.39, 0.29) is 0 Å². The molecular weight excluding hydrogens is 332 g/mol. The summed E-state index contributed by atoms with van der Waals surface area (Å²) in [6.45, 7) is 4.09. The molecular formula is C21H27ClN2O. The molecule has 134 valence electrons. The van der Waals surface area contributed by atoms with Crippen molar-refractivity contribution in [1.29, 1.82) is 0 Å². The van der Waals surface area contributed by atoms with Gasteiger partial charge in [-0.2, -0.15) is 0 Å². The van der Waals surface area contributed by atoms with Crippen LogP contribution in [0.4, 0.5) is 0 Å². The lowest BCUT2D eigenvalue weighted by molar-refractivity contribution is 0.211. The number of aromatic hydroxyl groups is 1. The molecule has 1 aliphatic heterocycles. The Bertz CT molecular complexity index is 609. The van der Waals surface area contributed by atoms with Gasteiger partial charge in [-0.1, -0.05) is 35.9 Å². The van der Waals surface area contributed by atoms with E-state index >= 15 is 0 Å². The van der Waals surface area contributed by atoms with Gasteiger partial charge in [-0.15, -0.1) is 0 Å². The second-order valence-electron chi connectivity index (χ2n) is 7.07. The van der Waals surface area contributed by atoms with Crippen LogP contribution in [0.25, 0.3) is 0 Å². The summed E-state index contributed by atoms with van der Waals surface area (Å²) in [7, 11) is 2.24. The number of hydrogen-bond acceptors (Lipinski definition) is 3. The monoisotopic (exact) mass is 358 g/mol. The molecule has 1 saturated heterocycles. The highest BCUT2D eigenvalue weighted by Gasteiger charge is 2.21. The highest BCUT2D eigenvalue weighted by Crippen LogP contribution is 2.20. The number of benzene rings is 2. The zero-order chi connectivity index (χ0) is 17.6. The molecule has 2 aromatic carbocycles. The van der Waals surface area contributed by atoms with Crippen molar-refractivity contribution < 1.29 is 5.11 Å².